The first-order chi connectivity index (χ1) is 13.5. The predicted molar refractivity (Wildman–Crippen MR) is 104 cm³/mol. The molecule has 154 valence electrons. The Labute approximate surface area is 167 Å². The lowest BCUT2D eigenvalue weighted by molar-refractivity contribution is -0.135. The van der Waals surface area contributed by atoms with Crippen molar-refractivity contribution in [2.45, 2.75) is 82.6 Å². The van der Waals surface area contributed by atoms with Gasteiger partial charge in [0.15, 0.2) is 0 Å². The van der Waals surface area contributed by atoms with E-state index in [4.69, 9.17) is 0 Å². The molecule has 28 heavy (non-hydrogen) atoms. The van der Waals surface area contributed by atoms with Gasteiger partial charge in [-0.2, -0.15) is 0 Å². The summed E-state index contributed by atoms with van der Waals surface area (Å²) >= 11 is 0. The molecular formula is C22H33N3O3. The van der Waals surface area contributed by atoms with E-state index in [0.29, 0.717) is 19.4 Å². The van der Waals surface area contributed by atoms with Gasteiger partial charge in [0.05, 0.1) is 0 Å². The van der Waals surface area contributed by atoms with Gasteiger partial charge < -0.3 is 10.6 Å². The van der Waals surface area contributed by atoms with E-state index in [1.165, 1.54) is 38.5 Å². The van der Waals surface area contributed by atoms with Gasteiger partial charge in [0.2, 0.25) is 5.91 Å². The van der Waals surface area contributed by atoms with Gasteiger partial charge in [-0.3, -0.25) is 14.5 Å². The van der Waals surface area contributed by atoms with Crippen molar-refractivity contribution in [2.24, 2.45) is 23.2 Å². The molecule has 6 nitrogen and oxygen atoms in total. The fourth-order valence-electron chi connectivity index (χ4n) is 7.48. The van der Waals surface area contributed by atoms with Crippen molar-refractivity contribution >= 4 is 17.8 Å². The molecule has 1 saturated heterocycles. The molecule has 2 N–H and O–H groups in total. The summed E-state index contributed by atoms with van der Waals surface area (Å²) in [6.45, 7) is 0.572. The molecule has 1 spiro atoms. The van der Waals surface area contributed by atoms with Gasteiger partial charge in [-0.25, -0.2) is 4.79 Å². The molecule has 6 heteroatoms. The monoisotopic (exact) mass is 387 g/mol. The van der Waals surface area contributed by atoms with Crippen LogP contribution in [0, 0.1) is 23.2 Å². The maximum absolute atomic E-state index is 13.0. The van der Waals surface area contributed by atoms with E-state index < -0.39 is 11.6 Å². The molecule has 5 aliphatic carbocycles. The number of rotatable bonds is 4. The lowest BCUT2D eigenvalue weighted by atomic mass is 9.49. The highest BCUT2D eigenvalue weighted by atomic mass is 16.2. The smallest absolute Gasteiger partial charge is 0.325 e. The summed E-state index contributed by atoms with van der Waals surface area (Å²) in [4.78, 5) is 39.2. The van der Waals surface area contributed by atoms with Crippen LogP contribution in [0.4, 0.5) is 4.79 Å². The third-order valence-corrected chi connectivity index (χ3v) is 8.33. The van der Waals surface area contributed by atoms with E-state index in [2.05, 4.69) is 10.6 Å². The number of nitrogens with zero attached hydrogens (tertiary/aromatic N) is 1. The Bertz CT molecular complexity index is 645. The van der Waals surface area contributed by atoms with Gasteiger partial charge in [0.25, 0.3) is 5.91 Å². The molecule has 1 heterocycles. The van der Waals surface area contributed by atoms with E-state index in [9.17, 15) is 14.4 Å². The van der Waals surface area contributed by atoms with Crippen LogP contribution in [0.3, 0.4) is 0 Å². The largest absolute Gasteiger partial charge is 0.354 e. The molecule has 0 radical (unpaired) electrons. The first kappa shape index (κ1) is 18.4. The van der Waals surface area contributed by atoms with Crippen molar-refractivity contribution in [3.05, 3.63) is 0 Å². The molecule has 0 atom stereocenters. The number of hydrogen-bond acceptors (Lipinski definition) is 3. The minimum absolute atomic E-state index is 0.140. The number of imide groups is 1. The second-order valence-corrected chi connectivity index (χ2v) is 10.5. The Morgan fingerprint density at radius 2 is 1.54 bits per heavy atom. The van der Waals surface area contributed by atoms with E-state index in [-0.39, 0.29) is 23.8 Å². The zero-order valence-corrected chi connectivity index (χ0v) is 16.8. The van der Waals surface area contributed by atoms with Crippen LogP contribution in [-0.2, 0) is 9.59 Å². The molecule has 4 amide bonds. The highest BCUT2D eigenvalue weighted by Crippen LogP contribution is 2.59. The van der Waals surface area contributed by atoms with E-state index in [1.807, 2.05) is 0 Å². The SMILES string of the molecule is O=C(CN1C(=O)NC2(CCCCCC2)C1=O)NCC12CC3CC(CC(C3)C1)C2. The lowest BCUT2D eigenvalue weighted by Gasteiger charge is -2.56. The van der Waals surface area contributed by atoms with Crippen molar-refractivity contribution in [3.8, 4) is 0 Å². The first-order valence-corrected chi connectivity index (χ1v) is 11.4. The number of hydrogen-bond donors (Lipinski definition) is 2. The van der Waals surface area contributed by atoms with E-state index in [0.717, 1.165) is 48.3 Å². The second kappa shape index (κ2) is 6.74. The third-order valence-electron chi connectivity index (χ3n) is 8.33. The number of nitrogens with one attached hydrogen (secondary N) is 2. The molecule has 0 aromatic rings. The van der Waals surface area contributed by atoms with Gasteiger partial charge in [-0.05, 0) is 74.5 Å². The molecule has 5 saturated carbocycles. The van der Waals surface area contributed by atoms with Crippen LogP contribution in [0.5, 0.6) is 0 Å². The van der Waals surface area contributed by atoms with Crippen LogP contribution in [0.1, 0.15) is 77.0 Å². The lowest BCUT2D eigenvalue weighted by Crippen LogP contribution is -2.52. The maximum atomic E-state index is 13.0. The van der Waals surface area contributed by atoms with Gasteiger partial charge >= 0.3 is 6.03 Å². The van der Waals surface area contributed by atoms with Crippen LogP contribution >= 0.6 is 0 Å². The number of carbonyl (C=O) groups excluding carboxylic acids is 3. The molecule has 0 unspecified atom stereocenters. The van der Waals surface area contributed by atoms with Crippen molar-refractivity contribution < 1.29 is 14.4 Å². The zero-order chi connectivity index (χ0) is 19.4. The maximum Gasteiger partial charge on any atom is 0.325 e. The highest BCUT2D eigenvalue weighted by Gasteiger charge is 2.52. The fraction of sp³-hybridized carbons (Fsp3) is 0.864. The van der Waals surface area contributed by atoms with E-state index >= 15 is 0 Å². The van der Waals surface area contributed by atoms with Crippen LogP contribution < -0.4 is 10.6 Å². The van der Waals surface area contributed by atoms with Crippen LogP contribution in [-0.4, -0.2) is 41.4 Å². The van der Waals surface area contributed by atoms with Crippen molar-refractivity contribution in [2.75, 3.05) is 13.1 Å². The highest BCUT2D eigenvalue weighted by molar-refractivity contribution is 6.09. The molecule has 6 rings (SSSR count). The molecule has 4 bridgehead atoms. The fourth-order valence-corrected chi connectivity index (χ4v) is 7.48. The van der Waals surface area contributed by atoms with Gasteiger partial charge in [-0.1, -0.05) is 25.7 Å². The summed E-state index contributed by atoms with van der Waals surface area (Å²) in [5, 5.41) is 6.02. The Morgan fingerprint density at radius 1 is 0.964 bits per heavy atom. The van der Waals surface area contributed by atoms with Gasteiger partial charge in [0.1, 0.15) is 12.1 Å². The molecule has 1 aliphatic heterocycles. The number of urea groups is 1. The Morgan fingerprint density at radius 3 is 2.11 bits per heavy atom. The normalized spacial score (nSPS) is 38.6. The molecule has 0 aromatic heterocycles. The number of amides is 4. The molecule has 6 fully saturated rings. The topological polar surface area (TPSA) is 78.5 Å². The summed E-state index contributed by atoms with van der Waals surface area (Å²) in [5.74, 6) is 2.17. The zero-order valence-electron chi connectivity index (χ0n) is 16.8. The molecule has 0 aromatic carbocycles. The van der Waals surface area contributed by atoms with Crippen LogP contribution in [0.25, 0.3) is 0 Å². The van der Waals surface area contributed by atoms with Crippen molar-refractivity contribution in [3.63, 3.8) is 0 Å². The summed E-state index contributed by atoms with van der Waals surface area (Å²) < 4.78 is 0. The van der Waals surface area contributed by atoms with Gasteiger partial charge in [-0.15, -0.1) is 0 Å². The van der Waals surface area contributed by atoms with Crippen molar-refractivity contribution in [1.82, 2.24) is 15.5 Å². The Kier molecular flexibility index (Phi) is 4.44. The van der Waals surface area contributed by atoms with Crippen molar-refractivity contribution in [1.29, 1.82) is 0 Å². The van der Waals surface area contributed by atoms with Gasteiger partial charge in [0, 0.05) is 6.54 Å². The minimum Gasteiger partial charge on any atom is -0.354 e. The first-order valence-electron chi connectivity index (χ1n) is 11.4. The average Bonchev–Trinajstić information content (AvgIpc) is 2.80. The van der Waals surface area contributed by atoms with Crippen LogP contribution in [0.2, 0.25) is 0 Å². The predicted octanol–water partition coefficient (Wildman–Crippen LogP) is 2.96. The Balaban J connectivity index is 1.19. The summed E-state index contributed by atoms with van der Waals surface area (Å²) in [6, 6.07) is -0.392. The summed E-state index contributed by atoms with van der Waals surface area (Å²) in [5.41, 5.74) is -0.488. The molecule has 6 aliphatic rings. The van der Waals surface area contributed by atoms with E-state index in [1.54, 1.807) is 0 Å². The Hall–Kier alpha value is -1.59. The minimum atomic E-state index is -0.756. The van der Waals surface area contributed by atoms with Crippen LogP contribution in [0.15, 0.2) is 0 Å². The third kappa shape index (κ3) is 3.13. The summed E-state index contributed by atoms with van der Waals surface area (Å²) in [6.07, 6.45) is 13.4. The molecular weight excluding hydrogens is 354 g/mol. The standard InChI is InChI=1S/C22H33N3O3/c26-18(23-14-21-10-15-7-16(11-21)9-17(8-15)12-21)13-25-19(27)22(24-20(25)28)5-3-1-2-4-6-22/h15-17H,1-14H2,(H,23,26)(H,24,28). The number of carbonyl (C=O) groups is 3. The quantitative estimate of drug-likeness (QED) is 0.728. The second-order valence-electron chi connectivity index (χ2n) is 10.5. The summed E-state index contributed by atoms with van der Waals surface area (Å²) in [7, 11) is 0. The average molecular weight is 388 g/mol.